The Labute approximate surface area is 128 Å². The van der Waals surface area contributed by atoms with Crippen LogP contribution in [-0.4, -0.2) is 54.9 Å². The van der Waals surface area contributed by atoms with E-state index in [4.69, 9.17) is 15.2 Å². The summed E-state index contributed by atoms with van der Waals surface area (Å²) in [5.74, 6) is -0.233. The van der Waals surface area contributed by atoms with Crippen molar-refractivity contribution in [3.63, 3.8) is 0 Å². The second-order valence-corrected chi connectivity index (χ2v) is 6.40. The summed E-state index contributed by atoms with van der Waals surface area (Å²) in [5.41, 5.74) is 5.49. The SMILES string of the molecule is CCCOC1CCCN(C2CCC(N)(C(=O)OCC)C2)C1. The number of nitrogens with zero attached hydrogens (tertiary/aromatic N) is 1. The second kappa shape index (κ2) is 7.56. The fourth-order valence-corrected chi connectivity index (χ4v) is 3.54. The second-order valence-electron chi connectivity index (χ2n) is 6.40. The van der Waals surface area contributed by atoms with Crippen molar-refractivity contribution in [3.05, 3.63) is 0 Å². The highest BCUT2D eigenvalue weighted by atomic mass is 16.5. The average molecular weight is 298 g/mol. The topological polar surface area (TPSA) is 64.8 Å². The molecule has 1 aliphatic heterocycles. The molecule has 2 aliphatic rings. The number of esters is 1. The van der Waals surface area contributed by atoms with E-state index in [0.717, 1.165) is 45.4 Å². The van der Waals surface area contributed by atoms with Gasteiger partial charge in [0.2, 0.25) is 0 Å². The zero-order valence-corrected chi connectivity index (χ0v) is 13.5. The van der Waals surface area contributed by atoms with E-state index in [1.165, 1.54) is 6.42 Å². The summed E-state index contributed by atoms with van der Waals surface area (Å²) in [4.78, 5) is 14.5. The lowest BCUT2D eigenvalue weighted by atomic mass is 9.98. The molecule has 21 heavy (non-hydrogen) atoms. The van der Waals surface area contributed by atoms with E-state index in [1.807, 2.05) is 6.92 Å². The van der Waals surface area contributed by atoms with E-state index in [0.29, 0.717) is 25.2 Å². The first-order valence-corrected chi connectivity index (χ1v) is 8.40. The molecule has 2 N–H and O–H groups in total. The van der Waals surface area contributed by atoms with Crippen molar-refractivity contribution in [1.82, 2.24) is 4.90 Å². The lowest BCUT2D eigenvalue weighted by molar-refractivity contribution is -0.149. The van der Waals surface area contributed by atoms with Crippen molar-refractivity contribution in [1.29, 1.82) is 0 Å². The minimum Gasteiger partial charge on any atom is -0.465 e. The van der Waals surface area contributed by atoms with E-state index in [2.05, 4.69) is 11.8 Å². The van der Waals surface area contributed by atoms with Gasteiger partial charge < -0.3 is 15.2 Å². The summed E-state index contributed by atoms with van der Waals surface area (Å²) < 4.78 is 11.0. The third kappa shape index (κ3) is 4.18. The van der Waals surface area contributed by atoms with Gasteiger partial charge in [0.1, 0.15) is 5.54 Å². The molecule has 3 atom stereocenters. The molecule has 0 bridgehead atoms. The van der Waals surface area contributed by atoms with Gasteiger partial charge in [0.05, 0.1) is 12.7 Å². The van der Waals surface area contributed by atoms with Crippen molar-refractivity contribution in [2.75, 3.05) is 26.3 Å². The maximum absolute atomic E-state index is 12.0. The Balaban J connectivity index is 1.87. The Kier molecular flexibility index (Phi) is 6.02. The van der Waals surface area contributed by atoms with E-state index in [1.54, 1.807) is 0 Å². The summed E-state index contributed by atoms with van der Waals surface area (Å²) in [6.07, 6.45) is 6.15. The molecule has 5 nitrogen and oxygen atoms in total. The predicted octanol–water partition coefficient (Wildman–Crippen LogP) is 1.69. The zero-order chi connectivity index (χ0) is 15.3. The van der Waals surface area contributed by atoms with Gasteiger partial charge in [0.15, 0.2) is 0 Å². The van der Waals surface area contributed by atoms with Gasteiger partial charge in [-0.25, -0.2) is 0 Å². The van der Waals surface area contributed by atoms with Crippen LogP contribution >= 0.6 is 0 Å². The first kappa shape index (κ1) is 16.7. The van der Waals surface area contributed by atoms with E-state index >= 15 is 0 Å². The number of carbonyl (C=O) groups excluding carboxylic acids is 1. The van der Waals surface area contributed by atoms with E-state index in [9.17, 15) is 4.79 Å². The Bertz CT molecular complexity index is 350. The van der Waals surface area contributed by atoms with Crippen LogP contribution < -0.4 is 5.73 Å². The molecule has 0 aromatic rings. The Morgan fingerprint density at radius 1 is 1.38 bits per heavy atom. The van der Waals surface area contributed by atoms with Crippen LogP contribution in [0.2, 0.25) is 0 Å². The van der Waals surface area contributed by atoms with Gasteiger partial charge in [0.25, 0.3) is 0 Å². The Morgan fingerprint density at radius 3 is 2.90 bits per heavy atom. The van der Waals surface area contributed by atoms with Gasteiger partial charge >= 0.3 is 5.97 Å². The average Bonchev–Trinajstić information content (AvgIpc) is 2.90. The van der Waals surface area contributed by atoms with Crippen LogP contribution in [0, 0.1) is 0 Å². The van der Waals surface area contributed by atoms with Crippen molar-refractivity contribution in [2.24, 2.45) is 5.73 Å². The van der Waals surface area contributed by atoms with Crippen LogP contribution in [0.25, 0.3) is 0 Å². The van der Waals surface area contributed by atoms with Crippen LogP contribution in [0.4, 0.5) is 0 Å². The summed E-state index contributed by atoms with van der Waals surface area (Å²) in [6, 6.07) is 0.396. The van der Waals surface area contributed by atoms with Crippen LogP contribution in [0.5, 0.6) is 0 Å². The third-order valence-electron chi connectivity index (χ3n) is 4.69. The number of hydrogen-bond acceptors (Lipinski definition) is 5. The highest BCUT2D eigenvalue weighted by Crippen LogP contribution is 2.33. The molecule has 1 saturated heterocycles. The number of nitrogens with two attached hydrogens (primary N) is 1. The lowest BCUT2D eigenvalue weighted by Crippen LogP contribution is -2.50. The number of hydrogen-bond donors (Lipinski definition) is 1. The van der Waals surface area contributed by atoms with Gasteiger partial charge in [-0.05, 0) is 52.0 Å². The van der Waals surface area contributed by atoms with Gasteiger partial charge in [-0.1, -0.05) is 6.92 Å². The quantitative estimate of drug-likeness (QED) is 0.756. The molecule has 0 amide bonds. The summed E-state index contributed by atoms with van der Waals surface area (Å²) in [7, 11) is 0. The van der Waals surface area contributed by atoms with Crippen molar-refractivity contribution >= 4 is 5.97 Å². The monoisotopic (exact) mass is 298 g/mol. The molecule has 1 saturated carbocycles. The van der Waals surface area contributed by atoms with Gasteiger partial charge in [0, 0.05) is 19.2 Å². The highest BCUT2D eigenvalue weighted by Gasteiger charge is 2.45. The molecule has 0 aromatic carbocycles. The minimum absolute atomic E-state index is 0.233. The first-order chi connectivity index (χ1) is 10.1. The molecule has 1 heterocycles. The molecule has 2 fully saturated rings. The molecule has 2 rings (SSSR count). The maximum Gasteiger partial charge on any atom is 0.326 e. The molecular weight excluding hydrogens is 268 g/mol. The van der Waals surface area contributed by atoms with Gasteiger partial charge in [-0.3, -0.25) is 9.69 Å². The summed E-state index contributed by atoms with van der Waals surface area (Å²) >= 11 is 0. The van der Waals surface area contributed by atoms with Crippen LogP contribution in [0.1, 0.15) is 52.4 Å². The number of carbonyl (C=O) groups is 1. The molecule has 1 aliphatic carbocycles. The fraction of sp³-hybridized carbons (Fsp3) is 0.938. The predicted molar refractivity (Wildman–Crippen MR) is 82.0 cm³/mol. The van der Waals surface area contributed by atoms with E-state index in [-0.39, 0.29) is 5.97 Å². The number of ether oxygens (including phenoxy) is 2. The van der Waals surface area contributed by atoms with Crippen molar-refractivity contribution < 1.29 is 14.3 Å². The largest absolute Gasteiger partial charge is 0.465 e. The zero-order valence-electron chi connectivity index (χ0n) is 13.5. The summed E-state index contributed by atoms with van der Waals surface area (Å²) in [6.45, 7) is 7.28. The maximum atomic E-state index is 12.0. The molecular formula is C16H30N2O3. The van der Waals surface area contributed by atoms with Crippen molar-refractivity contribution in [2.45, 2.75) is 70.1 Å². The standard InChI is InChI=1S/C16H30N2O3/c1-3-10-21-14-6-5-9-18(12-14)13-7-8-16(17,11-13)15(19)20-4-2/h13-14H,3-12,17H2,1-2H3. The molecule has 0 spiro atoms. The number of rotatable bonds is 6. The number of piperidine rings is 1. The van der Waals surface area contributed by atoms with Gasteiger partial charge in [-0.2, -0.15) is 0 Å². The van der Waals surface area contributed by atoms with Crippen molar-refractivity contribution in [3.8, 4) is 0 Å². The lowest BCUT2D eigenvalue weighted by Gasteiger charge is -2.37. The van der Waals surface area contributed by atoms with Crippen LogP contribution in [-0.2, 0) is 14.3 Å². The van der Waals surface area contributed by atoms with Gasteiger partial charge in [-0.15, -0.1) is 0 Å². The van der Waals surface area contributed by atoms with Crippen LogP contribution in [0.3, 0.4) is 0 Å². The molecule has 122 valence electrons. The third-order valence-corrected chi connectivity index (χ3v) is 4.69. The Hall–Kier alpha value is -0.650. The smallest absolute Gasteiger partial charge is 0.326 e. The Morgan fingerprint density at radius 2 is 2.19 bits per heavy atom. The van der Waals surface area contributed by atoms with Crippen LogP contribution in [0.15, 0.2) is 0 Å². The molecule has 0 radical (unpaired) electrons. The number of likely N-dealkylation sites (tertiary alicyclic amines) is 1. The normalized spacial score (nSPS) is 34.0. The molecule has 5 heteroatoms. The minimum atomic E-state index is -0.780. The highest BCUT2D eigenvalue weighted by molar-refractivity contribution is 5.81. The first-order valence-electron chi connectivity index (χ1n) is 8.40. The summed E-state index contributed by atoms with van der Waals surface area (Å²) in [5, 5.41) is 0. The molecule has 3 unspecified atom stereocenters. The fourth-order valence-electron chi connectivity index (χ4n) is 3.54. The molecule has 0 aromatic heterocycles. The van der Waals surface area contributed by atoms with E-state index < -0.39 is 5.54 Å².